The van der Waals surface area contributed by atoms with Crippen molar-refractivity contribution < 1.29 is 10.2 Å². The number of rotatable bonds is 4. The van der Waals surface area contributed by atoms with E-state index in [1.807, 2.05) is 11.9 Å². The number of aliphatic hydroxyl groups is 2. The zero-order valence-electron chi connectivity index (χ0n) is 9.06. The molecule has 1 heterocycles. The van der Waals surface area contributed by atoms with Crippen LogP contribution >= 0.6 is 22.9 Å². The zero-order chi connectivity index (χ0) is 11.7. The molecule has 16 heavy (non-hydrogen) atoms. The van der Waals surface area contributed by atoms with Gasteiger partial charge in [0.15, 0.2) is 5.13 Å². The Kier molecular flexibility index (Phi) is 3.69. The summed E-state index contributed by atoms with van der Waals surface area (Å²) in [4.78, 5) is 6.94. The third-order valence-corrected chi connectivity index (χ3v) is 4.43. The predicted octanol–water partition coefficient (Wildman–Crippen LogP) is 1.50. The molecule has 0 bridgehead atoms. The highest BCUT2D eigenvalue weighted by atomic mass is 35.5. The number of aromatic nitrogens is 1. The summed E-state index contributed by atoms with van der Waals surface area (Å²) in [5.74, 6) is 0.542. The third-order valence-electron chi connectivity index (χ3n) is 2.85. The first kappa shape index (κ1) is 12.1. The van der Waals surface area contributed by atoms with Crippen molar-refractivity contribution in [2.75, 3.05) is 18.5 Å². The van der Waals surface area contributed by atoms with Gasteiger partial charge in [-0.15, -0.1) is 0 Å². The van der Waals surface area contributed by atoms with Crippen molar-refractivity contribution in [1.29, 1.82) is 0 Å². The molecule has 0 spiro atoms. The van der Waals surface area contributed by atoms with Crippen LogP contribution in [0.25, 0.3) is 0 Å². The molecule has 1 aliphatic carbocycles. The van der Waals surface area contributed by atoms with Gasteiger partial charge < -0.3 is 15.1 Å². The Bertz CT molecular complexity index is 366. The monoisotopic (exact) mass is 262 g/mol. The smallest absolute Gasteiger partial charge is 0.186 e. The summed E-state index contributed by atoms with van der Waals surface area (Å²) in [5, 5.41) is 19.4. The standard InChI is InChI=1S/C10H15ClN2O2S/c1-13(4-6-2-7(15)3-6)10-12-9(11)8(5-14)16-10/h6-7,14-15H,2-5H2,1H3. The molecule has 0 radical (unpaired) electrons. The Balaban J connectivity index is 1.95. The lowest BCUT2D eigenvalue weighted by molar-refractivity contribution is 0.0465. The number of hydrogen-bond acceptors (Lipinski definition) is 5. The first-order valence-electron chi connectivity index (χ1n) is 5.25. The van der Waals surface area contributed by atoms with E-state index in [1.165, 1.54) is 11.3 Å². The molecule has 2 rings (SSSR count). The largest absolute Gasteiger partial charge is 0.393 e. The lowest BCUT2D eigenvalue weighted by atomic mass is 9.82. The third kappa shape index (κ3) is 2.48. The van der Waals surface area contributed by atoms with E-state index in [0.717, 1.165) is 24.5 Å². The molecule has 0 amide bonds. The summed E-state index contributed by atoms with van der Waals surface area (Å²) in [6.07, 6.45) is 1.62. The number of thiazole rings is 1. The van der Waals surface area contributed by atoms with Gasteiger partial charge >= 0.3 is 0 Å². The number of hydrogen-bond donors (Lipinski definition) is 2. The van der Waals surface area contributed by atoms with Crippen molar-refractivity contribution in [3.63, 3.8) is 0 Å². The lowest BCUT2D eigenvalue weighted by Crippen LogP contribution is -2.37. The Morgan fingerprint density at radius 3 is 2.75 bits per heavy atom. The quantitative estimate of drug-likeness (QED) is 0.863. The van der Waals surface area contributed by atoms with Gasteiger partial charge in [0.05, 0.1) is 17.6 Å². The van der Waals surface area contributed by atoms with Crippen LogP contribution in [0.15, 0.2) is 0 Å². The van der Waals surface area contributed by atoms with E-state index >= 15 is 0 Å². The molecule has 0 unspecified atom stereocenters. The van der Waals surface area contributed by atoms with Gasteiger partial charge in [-0.25, -0.2) is 4.98 Å². The Labute approximate surface area is 103 Å². The van der Waals surface area contributed by atoms with Crippen LogP contribution in [0.5, 0.6) is 0 Å². The zero-order valence-corrected chi connectivity index (χ0v) is 10.6. The molecule has 0 aliphatic heterocycles. The first-order valence-corrected chi connectivity index (χ1v) is 6.45. The van der Waals surface area contributed by atoms with Crippen molar-refractivity contribution in [2.45, 2.75) is 25.6 Å². The second kappa shape index (κ2) is 4.87. The fourth-order valence-corrected chi connectivity index (χ4v) is 2.98. The fraction of sp³-hybridized carbons (Fsp3) is 0.700. The van der Waals surface area contributed by atoms with E-state index in [1.54, 1.807) is 0 Å². The van der Waals surface area contributed by atoms with E-state index in [2.05, 4.69) is 4.98 Å². The minimum atomic E-state index is -0.119. The molecule has 1 saturated carbocycles. The summed E-state index contributed by atoms with van der Waals surface area (Å²) < 4.78 is 0. The van der Waals surface area contributed by atoms with Crippen LogP contribution in [0, 0.1) is 5.92 Å². The maximum atomic E-state index is 9.20. The maximum Gasteiger partial charge on any atom is 0.186 e. The second-order valence-electron chi connectivity index (χ2n) is 4.24. The van der Waals surface area contributed by atoms with Crippen molar-refractivity contribution in [3.05, 3.63) is 10.0 Å². The van der Waals surface area contributed by atoms with Crippen LogP contribution in [0.1, 0.15) is 17.7 Å². The predicted molar refractivity (Wildman–Crippen MR) is 65.0 cm³/mol. The highest BCUT2D eigenvalue weighted by Gasteiger charge is 2.28. The van der Waals surface area contributed by atoms with E-state index in [4.69, 9.17) is 16.7 Å². The van der Waals surface area contributed by atoms with Gasteiger partial charge in [-0.2, -0.15) is 0 Å². The van der Waals surface area contributed by atoms with Gasteiger partial charge in [0, 0.05) is 13.6 Å². The molecule has 2 N–H and O–H groups in total. The molecule has 0 atom stereocenters. The fourth-order valence-electron chi connectivity index (χ4n) is 1.90. The van der Waals surface area contributed by atoms with Crippen molar-refractivity contribution in [1.82, 2.24) is 4.98 Å². The molecular weight excluding hydrogens is 248 g/mol. The molecule has 6 heteroatoms. The number of anilines is 1. The van der Waals surface area contributed by atoms with Gasteiger partial charge in [0.25, 0.3) is 0 Å². The van der Waals surface area contributed by atoms with Crippen molar-refractivity contribution >= 4 is 28.1 Å². The van der Waals surface area contributed by atoms with Gasteiger partial charge in [0.1, 0.15) is 5.15 Å². The Morgan fingerprint density at radius 1 is 1.56 bits per heavy atom. The highest BCUT2D eigenvalue weighted by molar-refractivity contribution is 7.16. The van der Waals surface area contributed by atoms with E-state index in [0.29, 0.717) is 15.9 Å². The van der Waals surface area contributed by atoms with Crippen molar-refractivity contribution in [3.8, 4) is 0 Å². The summed E-state index contributed by atoms with van der Waals surface area (Å²) in [7, 11) is 1.96. The normalized spacial score (nSPS) is 24.2. The Morgan fingerprint density at radius 2 is 2.25 bits per heavy atom. The molecule has 4 nitrogen and oxygen atoms in total. The van der Waals surface area contributed by atoms with E-state index < -0.39 is 0 Å². The second-order valence-corrected chi connectivity index (χ2v) is 5.66. The molecule has 90 valence electrons. The molecule has 0 aromatic carbocycles. The molecule has 1 fully saturated rings. The first-order chi connectivity index (χ1) is 7.60. The molecule has 1 aliphatic rings. The van der Waals surface area contributed by atoms with Gasteiger partial charge in [0.2, 0.25) is 0 Å². The molecule has 1 aromatic rings. The van der Waals surface area contributed by atoms with E-state index in [-0.39, 0.29) is 12.7 Å². The molecule has 0 saturated heterocycles. The van der Waals surface area contributed by atoms with Crippen LogP contribution in [-0.2, 0) is 6.61 Å². The van der Waals surface area contributed by atoms with Crippen LogP contribution in [0.3, 0.4) is 0 Å². The minimum Gasteiger partial charge on any atom is -0.393 e. The average Bonchev–Trinajstić information content (AvgIpc) is 2.57. The summed E-state index contributed by atoms with van der Waals surface area (Å²) in [6.45, 7) is 0.818. The van der Waals surface area contributed by atoms with Crippen LogP contribution in [-0.4, -0.2) is 34.9 Å². The topological polar surface area (TPSA) is 56.6 Å². The number of nitrogens with zero attached hydrogens (tertiary/aromatic N) is 2. The maximum absolute atomic E-state index is 9.20. The summed E-state index contributed by atoms with van der Waals surface area (Å²) >= 11 is 7.28. The molecular formula is C10H15ClN2O2S. The van der Waals surface area contributed by atoms with Crippen LogP contribution in [0.4, 0.5) is 5.13 Å². The SMILES string of the molecule is CN(CC1CC(O)C1)c1nc(Cl)c(CO)s1. The van der Waals surface area contributed by atoms with Gasteiger partial charge in [-0.3, -0.25) is 0 Å². The summed E-state index contributed by atoms with van der Waals surface area (Å²) in [5.41, 5.74) is 0. The van der Waals surface area contributed by atoms with Gasteiger partial charge in [-0.05, 0) is 18.8 Å². The average molecular weight is 263 g/mol. The van der Waals surface area contributed by atoms with Crippen molar-refractivity contribution in [2.24, 2.45) is 5.92 Å². The van der Waals surface area contributed by atoms with Crippen LogP contribution < -0.4 is 4.90 Å². The van der Waals surface area contributed by atoms with E-state index in [9.17, 15) is 5.11 Å². The van der Waals surface area contributed by atoms with Gasteiger partial charge in [-0.1, -0.05) is 22.9 Å². The lowest BCUT2D eigenvalue weighted by Gasteiger charge is -2.34. The molecule has 1 aromatic heterocycles. The highest BCUT2D eigenvalue weighted by Crippen LogP contribution is 2.32. The Hall–Kier alpha value is -0.360. The number of halogens is 1. The number of aliphatic hydroxyl groups excluding tert-OH is 2. The van der Waals surface area contributed by atoms with Crippen LogP contribution in [0.2, 0.25) is 5.15 Å². The minimum absolute atomic E-state index is 0.0630. The summed E-state index contributed by atoms with van der Waals surface area (Å²) in [6, 6.07) is 0.